The first kappa shape index (κ1) is 15.0. The predicted octanol–water partition coefficient (Wildman–Crippen LogP) is 2.65. The fraction of sp³-hybridized carbons (Fsp3) is 0.368. The van der Waals surface area contributed by atoms with E-state index in [-0.39, 0.29) is 17.9 Å². The van der Waals surface area contributed by atoms with Crippen LogP contribution in [0.15, 0.2) is 47.1 Å². The van der Waals surface area contributed by atoms with Crippen LogP contribution < -0.4 is 10.2 Å². The van der Waals surface area contributed by atoms with E-state index in [4.69, 9.17) is 4.42 Å². The second kappa shape index (κ2) is 5.51. The molecule has 2 aliphatic rings. The topological polar surface area (TPSA) is 62.6 Å². The Morgan fingerprint density at radius 3 is 2.75 bits per heavy atom. The maximum atomic E-state index is 13.1. The molecule has 1 saturated carbocycles. The number of furan rings is 1. The zero-order chi connectivity index (χ0) is 16.7. The highest BCUT2D eigenvalue weighted by molar-refractivity contribution is 6.14. The van der Waals surface area contributed by atoms with Gasteiger partial charge >= 0.3 is 0 Å². The second-order valence-electron chi connectivity index (χ2n) is 6.70. The second-order valence-corrected chi connectivity index (χ2v) is 6.70. The first-order valence-corrected chi connectivity index (χ1v) is 8.34. The van der Waals surface area contributed by atoms with Gasteiger partial charge in [0, 0.05) is 11.7 Å². The summed E-state index contributed by atoms with van der Waals surface area (Å²) in [5, 5.41) is 2.85. The average Bonchev–Trinajstić information content (AvgIpc) is 3.09. The van der Waals surface area contributed by atoms with E-state index in [0.29, 0.717) is 25.1 Å². The smallest absolute Gasteiger partial charge is 0.242 e. The summed E-state index contributed by atoms with van der Waals surface area (Å²) in [6.45, 7) is 2.35. The van der Waals surface area contributed by atoms with Crippen LogP contribution in [0, 0.1) is 5.41 Å². The Hall–Kier alpha value is -2.56. The first-order chi connectivity index (χ1) is 11.6. The van der Waals surface area contributed by atoms with Crippen LogP contribution >= 0.6 is 0 Å². The molecule has 124 valence electrons. The van der Waals surface area contributed by atoms with Gasteiger partial charge in [-0.3, -0.25) is 9.59 Å². The highest BCUT2D eigenvalue weighted by Crippen LogP contribution is 2.50. The highest BCUT2D eigenvalue weighted by Gasteiger charge is 2.59. The number of rotatable bonds is 4. The van der Waals surface area contributed by atoms with E-state index < -0.39 is 5.41 Å². The van der Waals surface area contributed by atoms with E-state index in [0.717, 1.165) is 12.1 Å². The van der Waals surface area contributed by atoms with Gasteiger partial charge in [0.05, 0.1) is 12.8 Å². The van der Waals surface area contributed by atoms with E-state index in [1.165, 1.54) is 5.56 Å². The van der Waals surface area contributed by atoms with Crippen LogP contribution in [-0.2, 0) is 22.6 Å². The van der Waals surface area contributed by atoms with Gasteiger partial charge in [0.2, 0.25) is 11.8 Å². The van der Waals surface area contributed by atoms with Crippen molar-refractivity contribution in [2.24, 2.45) is 5.41 Å². The van der Waals surface area contributed by atoms with Crippen molar-refractivity contribution in [3.63, 3.8) is 0 Å². The molecule has 5 heteroatoms. The lowest BCUT2D eigenvalue weighted by atomic mass is 10.0. The number of nitrogens with zero attached hydrogens (tertiary/aromatic N) is 1. The van der Waals surface area contributed by atoms with Crippen molar-refractivity contribution in [3.05, 3.63) is 54.0 Å². The maximum Gasteiger partial charge on any atom is 0.242 e. The number of carbonyl (C=O) groups excluding carboxylic acids is 2. The standard InChI is InChI=1S/C19H20N2O3/c1-13-11-14-5-2-3-7-16(14)21(13)18(23)19(8-9-19)17(22)20-12-15-6-4-10-24-15/h2-7,10,13H,8-9,11-12H2,1H3,(H,20,22). The number of nitrogens with one attached hydrogen (secondary N) is 1. The molecular formula is C19H20N2O3. The maximum absolute atomic E-state index is 13.1. The summed E-state index contributed by atoms with van der Waals surface area (Å²) in [7, 11) is 0. The van der Waals surface area contributed by atoms with Crippen molar-refractivity contribution in [2.75, 3.05) is 4.90 Å². The van der Waals surface area contributed by atoms with Crippen LogP contribution in [0.2, 0.25) is 0 Å². The van der Waals surface area contributed by atoms with Crippen molar-refractivity contribution < 1.29 is 14.0 Å². The third kappa shape index (κ3) is 2.31. The Kier molecular flexibility index (Phi) is 3.44. The number of amides is 2. The Labute approximate surface area is 140 Å². The zero-order valence-corrected chi connectivity index (χ0v) is 13.6. The van der Waals surface area contributed by atoms with Crippen molar-refractivity contribution in [3.8, 4) is 0 Å². The van der Waals surface area contributed by atoms with Crippen LogP contribution in [0.25, 0.3) is 0 Å². The summed E-state index contributed by atoms with van der Waals surface area (Å²) < 4.78 is 5.23. The molecule has 1 fully saturated rings. The molecule has 2 aromatic rings. The summed E-state index contributed by atoms with van der Waals surface area (Å²) in [5.74, 6) is 0.420. The Morgan fingerprint density at radius 1 is 1.25 bits per heavy atom. The normalized spacial score (nSPS) is 20.5. The molecule has 1 aromatic heterocycles. The van der Waals surface area contributed by atoms with Crippen LogP contribution in [0.3, 0.4) is 0 Å². The molecule has 1 atom stereocenters. The summed E-state index contributed by atoms with van der Waals surface area (Å²) in [6.07, 6.45) is 3.64. The van der Waals surface area contributed by atoms with Crippen molar-refractivity contribution in [1.29, 1.82) is 0 Å². The lowest BCUT2D eigenvalue weighted by Crippen LogP contribution is -2.47. The van der Waals surface area contributed by atoms with Gasteiger partial charge < -0.3 is 14.6 Å². The SMILES string of the molecule is CC1Cc2ccccc2N1C(=O)C1(C(=O)NCc2ccco2)CC1. The van der Waals surface area contributed by atoms with Gasteiger partial charge in [0.1, 0.15) is 11.2 Å². The summed E-state index contributed by atoms with van der Waals surface area (Å²) >= 11 is 0. The Bertz CT molecular complexity index is 778. The fourth-order valence-corrected chi connectivity index (χ4v) is 3.52. The molecule has 0 spiro atoms. The minimum absolute atomic E-state index is 0.0723. The van der Waals surface area contributed by atoms with Gasteiger partial charge in [-0.05, 0) is 49.9 Å². The van der Waals surface area contributed by atoms with Crippen molar-refractivity contribution >= 4 is 17.5 Å². The van der Waals surface area contributed by atoms with Gasteiger partial charge in [-0.25, -0.2) is 0 Å². The number of para-hydroxylation sites is 1. The number of carbonyl (C=O) groups is 2. The van der Waals surface area contributed by atoms with E-state index in [2.05, 4.69) is 11.4 Å². The Balaban J connectivity index is 1.52. The van der Waals surface area contributed by atoms with Crippen LogP contribution in [0.4, 0.5) is 5.69 Å². The number of hydrogen-bond acceptors (Lipinski definition) is 3. The van der Waals surface area contributed by atoms with Crippen molar-refractivity contribution in [2.45, 2.75) is 38.8 Å². The van der Waals surface area contributed by atoms with Gasteiger partial charge in [-0.2, -0.15) is 0 Å². The van der Waals surface area contributed by atoms with Crippen LogP contribution in [0.5, 0.6) is 0 Å². The van der Waals surface area contributed by atoms with E-state index in [9.17, 15) is 9.59 Å². The lowest BCUT2D eigenvalue weighted by Gasteiger charge is -2.27. The molecule has 4 rings (SSSR count). The Morgan fingerprint density at radius 2 is 2.04 bits per heavy atom. The molecule has 1 aromatic carbocycles. The molecule has 0 bridgehead atoms. The van der Waals surface area contributed by atoms with Gasteiger partial charge in [0.25, 0.3) is 0 Å². The molecule has 2 heterocycles. The summed E-state index contributed by atoms with van der Waals surface area (Å²) in [6, 6.07) is 11.6. The number of anilines is 1. The molecule has 2 amide bonds. The van der Waals surface area contributed by atoms with Gasteiger partial charge in [-0.15, -0.1) is 0 Å². The third-order valence-electron chi connectivity index (χ3n) is 5.02. The number of hydrogen-bond donors (Lipinski definition) is 1. The highest BCUT2D eigenvalue weighted by atomic mass is 16.3. The van der Waals surface area contributed by atoms with Gasteiger partial charge in [0.15, 0.2) is 0 Å². The molecule has 1 unspecified atom stereocenters. The number of fused-ring (bicyclic) bond motifs is 1. The summed E-state index contributed by atoms with van der Waals surface area (Å²) in [4.78, 5) is 27.6. The summed E-state index contributed by atoms with van der Waals surface area (Å²) in [5.41, 5.74) is 1.21. The van der Waals surface area contributed by atoms with E-state index in [1.807, 2.05) is 30.0 Å². The van der Waals surface area contributed by atoms with Crippen LogP contribution in [-0.4, -0.2) is 17.9 Å². The van der Waals surface area contributed by atoms with E-state index in [1.54, 1.807) is 18.4 Å². The molecule has 5 nitrogen and oxygen atoms in total. The number of benzene rings is 1. The van der Waals surface area contributed by atoms with Crippen molar-refractivity contribution in [1.82, 2.24) is 5.32 Å². The first-order valence-electron chi connectivity index (χ1n) is 8.34. The third-order valence-corrected chi connectivity index (χ3v) is 5.02. The average molecular weight is 324 g/mol. The minimum atomic E-state index is -0.904. The molecule has 0 saturated heterocycles. The van der Waals surface area contributed by atoms with Gasteiger partial charge in [-0.1, -0.05) is 18.2 Å². The van der Waals surface area contributed by atoms with Crippen LogP contribution in [0.1, 0.15) is 31.1 Å². The molecule has 0 radical (unpaired) electrons. The monoisotopic (exact) mass is 324 g/mol. The lowest BCUT2D eigenvalue weighted by molar-refractivity contribution is -0.136. The molecular weight excluding hydrogens is 304 g/mol. The largest absolute Gasteiger partial charge is 0.467 e. The quantitative estimate of drug-likeness (QED) is 0.880. The predicted molar refractivity (Wildman–Crippen MR) is 89.3 cm³/mol. The molecule has 24 heavy (non-hydrogen) atoms. The molecule has 1 N–H and O–H groups in total. The van der Waals surface area contributed by atoms with E-state index >= 15 is 0 Å². The molecule has 1 aliphatic carbocycles. The zero-order valence-electron chi connectivity index (χ0n) is 13.6. The molecule has 1 aliphatic heterocycles. The fourth-order valence-electron chi connectivity index (χ4n) is 3.52. The minimum Gasteiger partial charge on any atom is -0.467 e.